The molecule has 0 aliphatic heterocycles. The third kappa shape index (κ3) is 1.63. The van der Waals surface area contributed by atoms with Gasteiger partial charge in [-0.1, -0.05) is 6.07 Å². The number of carbonyl (C=O) groups is 1. The lowest BCUT2D eigenvalue weighted by Crippen LogP contribution is -2.06. The Kier molecular flexibility index (Phi) is 2.25. The smallest absolute Gasteiger partial charge is 0.223 e. The summed E-state index contributed by atoms with van der Waals surface area (Å²) < 4.78 is 0.905. The Hall–Kier alpha value is -1.36. The SMILES string of the molecule is CC(=O)Nc1nc2c(Br)cccc2[nH]1. The lowest BCUT2D eigenvalue weighted by Gasteiger charge is -1.92. The minimum Gasteiger partial charge on any atom is -0.324 e. The Bertz CT molecular complexity index is 492. The molecular weight excluding hydrogens is 246 g/mol. The molecule has 1 heterocycles. The largest absolute Gasteiger partial charge is 0.324 e. The average Bonchev–Trinajstić information content (AvgIpc) is 2.47. The van der Waals surface area contributed by atoms with E-state index in [4.69, 9.17) is 0 Å². The standard InChI is InChI=1S/C9H8BrN3O/c1-5(14)11-9-12-7-4-2-3-6(10)8(7)13-9/h2-4H,1H3,(H2,11,12,13,14). The fourth-order valence-electron chi connectivity index (χ4n) is 1.22. The second-order valence-corrected chi connectivity index (χ2v) is 3.76. The lowest BCUT2D eigenvalue weighted by atomic mass is 10.3. The molecule has 0 radical (unpaired) electrons. The first kappa shape index (κ1) is 9.21. The molecule has 0 bridgehead atoms. The molecule has 2 aromatic rings. The van der Waals surface area contributed by atoms with Crippen LogP contribution in [0.2, 0.25) is 0 Å². The van der Waals surface area contributed by atoms with Crippen molar-refractivity contribution in [2.45, 2.75) is 6.92 Å². The molecule has 4 nitrogen and oxygen atoms in total. The first-order valence-electron chi connectivity index (χ1n) is 4.08. The van der Waals surface area contributed by atoms with Crippen molar-refractivity contribution in [3.8, 4) is 0 Å². The number of carbonyl (C=O) groups excluding carboxylic acids is 1. The molecule has 0 saturated heterocycles. The lowest BCUT2D eigenvalue weighted by molar-refractivity contribution is -0.114. The van der Waals surface area contributed by atoms with Crippen molar-refractivity contribution in [1.82, 2.24) is 9.97 Å². The van der Waals surface area contributed by atoms with Crippen molar-refractivity contribution in [1.29, 1.82) is 0 Å². The molecule has 0 fully saturated rings. The van der Waals surface area contributed by atoms with Crippen LogP contribution in [0.15, 0.2) is 22.7 Å². The summed E-state index contributed by atoms with van der Waals surface area (Å²) >= 11 is 3.38. The number of hydrogen-bond donors (Lipinski definition) is 2. The molecule has 0 spiro atoms. The molecule has 2 rings (SSSR count). The van der Waals surface area contributed by atoms with Crippen LogP contribution in [0.5, 0.6) is 0 Å². The van der Waals surface area contributed by atoms with E-state index < -0.39 is 0 Å². The van der Waals surface area contributed by atoms with Gasteiger partial charge in [0.1, 0.15) is 5.52 Å². The Morgan fingerprint density at radius 2 is 2.36 bits per heavy atom. The quantitative estimate of drug-likeness (QED) is 0.820. The summed E-state index contributed by atoms with van der Waals surface area (Å²) in [5, 5.41) is 2.60. The van der Waals surface area contributed by atoms with Crippen LogP contribution in [-0.2, 0) is 4.79 Å². The summed E-state index contributed by atoms with van der Waals surface area (Å²) in [6.07, 6.45) is 0. The van der Waals surface area contributed by atoms with E-state index in [9.17, 15) is 4.79 Å². The summed E-state index contributed by atoms with van der Waals surface area (Å²) in [5.41, 5.74) is 1.71. The maximum absolute atomic E-state index is 10.8. The first-order chi connectivity index (χ1) is 6.66. The molecular formula is C9H8BrN3O. The Morgan fingerprint density at radius 3 is 3.00 bits per heavy atom. The topological polar surface area (TPSA) is 57.8 Å². The van der Waals surface area contributed by atoms with Gasteiger partial charge in [0, 0.05) is 11.4 Å². The van der Waals surface area contributed by atoms with E-state index in [1.807, 2.05) is 18.2 Å². The van der Waals surface area contributed by atoms with Gasteiger partial charge in [-0.05, 0) is 28.1 Å². The number of hydrogen-bond acceptors (Lipinski definition) is 2. The Morgan fingerprint density at radius 1 is 1.57 bits per heavy atom. The molecule has 0 unspecified atom stereocenters. The van der Waals surface area contributed by atoms with E-state index in [0.717, 1.165) is 15.5 Å². The van der Waals surface area contributed by atoms with E-state index in [0.29, 0.717) is 5.95 Å². The zero-order valence-electron chi connectivity index (χ0n) is 7.47. The number of aromatic amines is 1. The van der Waals surface area contributed by atoms with Crippen molar-refractivity contribution >= 4 is 38.8 Å². The molecule has 14 heavy (non-hydrogen) atoms. The fraction of sp³-hybridized carbons (Fsp3) is 0.111. The van der Waals surface area contributed by atoms with Gasteiger partial charge in [-0.15, -0.1) is 0 Å². The number of aromatic nitrogens is 2. The van der Waals surface area contributed by atoms with Crippen molar-refractivity contribution in [2.24, 2.45) is 0 Å². The maximum Gasteiger partial charge on any atom is 0.223 e. The minimum atomic E-state index is -0.139. The molecule has 0 aliphatic rings. The predicted molar refractivity (Wildman–Crippen MR) is 58.1 cm³/mol. The van der Waals surface area contributed by atoms with Gasteiger partial charge in [-0.2, -0.15) is 0 Å². The first-order valence-corrected chi connectivity index (χ1v) is 4.88. The van der Waals surface area contributed by atoms with Crippen LogP contribution in [0.3, 0.4) is 0 Å². The van der Waals surface area contributed by atoms with Gasteiger partial charge in [-0.25, -0.2) is 4.98 Å². The summed E-state index contributed by atoms with van der Waals surface area (Å²) in [4.78, 5) is 18.0. The number of amides is 1. The van der Waals surface area contributed by atoms with Crippen molar-refractivity contribution in [3.05, 3.63) is 22.7 Å². The number of halogens is 1. The van der Waals surface area contributed by atoms with Gasteiger partial charge in [0.05, 0.1) is 5.52 Å². The van der Waals surface area contributed by atoms with Crippen LogP contribution in [0, 0.1) is 0 Å². The van der Waals surface area contributed by atoms with Gasteiger partial charge in [0.2, 0.25) is 11.9 Å². The monoisotopic (exact) mass is 253 g/mol. The third-order valence-electron chi connectivity index (χ3n) is 1.76. The van der Waals surface area contributed by atoms with Crippen LogP contribution in [-0.4, -0.2) is 15.9 Å². The highest BCUT2D eigenvalue weighted by molar-refractivity contribution is 9.10. The molecule has 1 aromatic carbocycles. The highest BCUT2D eigenvalue weighted by Gasteiger charge is 2.05. The zero-order valence-corrected chi connectivity index (χ0v) is 9.05. The molecule has 0 atom stereocenters. The molecule has 72 valence electrons. The minimum absolute atomic E-state index is 0.139. The Balaban J connectivity index is 2.51. The van der Waals surface area contributed by atoms with E-state index in [1.54, 1.807) is 0 Å². The van der Waals surface area contributed by atoms with Crippen LogP contribution >= 0.6 is 15.9 Å². The number of para-hydroxylation sites is 1. The molecule has 1 aromatic heterocycles. The average molecular weight is 254 g/mol. The van der Waals surface area contributed by atoms with Gasteiger partial charge in [0.25, 0.3) is 0 Å². The fourth-order valence-corrected chi connectivity index (χ4v) is 1.68. The molecule has 1 amide bonds. The highest BCUT2D eigenvalue weighted by Crippen LogP contribution is 2.22. The number of rotatable bonds is 1. The third-order valence-corrected chi connectivity index (χ3v) is 2.40. The number of imidazole rings is 1. The van der Waals surface area contributed by atoms with Crippen LogP contribution < -0.4 is 5.32 Å². The number of nitrogens with zero attached hydrogens (tertiary/aromatic N) is 1. The summed E-state index contributed by atoms with van der Waals surface area (Å²) in [7, 11) is 0. The van der Waals surface area contributed by atoms with E-state index in [1.165, 1.54) is 6.92 Å². The number of fused-ring (bicyclic) bond motifs is 1. The van der Waals surface area contributed by atoms with Gasteiger partial charge < -0.3 is 4.98 Å². The van der Waals surface area contributed by atoms with Crippen molar-refractivity contribution < 1.29 is 4.79 Å². The van der Waals surface area contributed by atoms with E-state index >= 15 is 0 Å². The van der Waals surface area contributed by atoms with Crippen molar-refractivity contribution in [3.63, 3.8) is 0 Å². The molecule has 0 saturated carbocycles. The number of nitrogens with one attached hydrogen (secondary N) is 2. The maximum atomic E-state index is 10.8. The predicted octanol–water partition coefficient (Wildman–Crippen LogP) is 2.28. The second-order valence-electron chi connectivity index (χ2n) is 2.90. The summed E-state index contributed by atoms with van der Waals surface area (Å²) in [6, 6.07) is 5.71. The molecule has 5 heteroatoms. The van der Waals surface area contributed by atoms with Crippen LogP contribution in [0.4, 0.5) is 5.95 Å². The normalized spacial score (nSPS) is 10.4. The molecule has 2 N–H and O–H groups in total. The van der Waals surface area contributed by atoms with Crippen molar-refractivity contribution in [2.75, 3.05) is 5.32 Å². The van der Waals surface area contributed by atoms with Gasteiger partial charge >= 0.3 is 0 Å². The van der Waals surface area contributed by atoms with E-state index in [2.05, 4.69) is 31.2 Å². The summed E-state index contributed by atoms with van der Waals surface area (Å²) in [6.45, 7) is 1.45. The zero-order chi connectivity index (χ0) is 10.1. The van der Waals surface area contributed by atoms with Crippen LogP contribution in [0.25, 0.3) is 11.0 Å². The number of H-pyrrole nitrogens is 1. The second kappa shape index (κ2) is 3.42. The Labute approximate surface area is 88.9 Å². The van der Waals surface area contributed by atoms with Crippen LogP contribution in [0.1, 0.15) is 6.92 Å². The van der Waals surface area contributed by atoms with Gasteiger partial charge in [0.15, 0.2) is 0 Å². The summed E-state index contributed by atoms with van der Waals surface area (Å²) in [5.74, 6) is 0.333. The number of benzene rings is 1. The van der Waals surface area contributed by atoms with E-state index in [-0.39, 0.29) is 5.91 Å². The number of anilines is 1. The molecule has 0 aliphatic carbocycles. The van der Waals surface area contributed by atoms with Gasteiger partial charge in [-0.3, -0.25) is 10.1 Å². The highest BCUT2D eigenvalue weighted by atomic mass is 79.9.